The Morgan fingerprint density at radius 3 is 2.78 bits per heavy atom. The number of carbonyl (C=O) groups is 2. The zero-order chi connectivity index (χ0) is 13.3. The molecule has 0 atom stereocenters. The van der Waals surface area contributed by atoms with Gasteiger partial charge in [0.1, 0.15) is 5.75 Å². The molecule has 96 valence electrons. The molecule has 5 nitrogen and oxygen atoms in total. The molecule has 2 amide bonds. The molecule has 1 aromatic carbocycles. The number of anilines is 2. The number of amides is 2. The Kier molecular flexibility index (Phi) is 2.85. The van der Waals surface area contributed by atoms with Gasteiger partial charge in [-0.25, -0.2) is 0 Å². The highest BCUT2D eigenvalue weighted by Gasteiger charge is 2.38. The van der Waals surface area contributed by atoms with Crippen LogP contribution in [0.3, 0.4) is 0 Å². The van der Waals surface area contributed by atoms with E-state index in [1.54, 1.807) is 5.32 Å². The molecule has 8 heteroatoms. The smallest absolute Gasteiger partial charge is 0.471 e. The Morgan fingerprint density at radius 1 is 1.39 bits per heavy atom. The Balaban J connectivity index is 2.17. The molecular weight excluding hydrogens is 253 g/mol. The van der Waals surface area contributed by atoms with Gasteiger partial charge in [-0.1, -0.05) is 0 Å². The van der Waals surface area contributed by atoms with Crippen LogP contribution in [0.1, 0.15) is 0 Å². The highest BCUT2D eigenvalue weighted by atomic mass is 19.4. The van der Waals surface area contributed by atoms with Crippen LogP contribution < -0.4 is 15.4 Å². The molecule has 0 radical (unpaired) electrons. The van der Waals surface area contributed by atoms with E-state index in [4.69, 9.17) is 4.74 Å². The Hall–Kier alpha value is -2.25. The van der Waals surface area contributed by atoms with E-state index in [9.17, 15) is 22.8 Å². The fraction of sp³-hybridized carbons (Fsp3) is 0.200. The second-order valence-corrected chi connectivity index (χ2v) is 3.50. The number of carbonyl (C=O) groups excluding carboxylic acids is 2. The van der Waals surface area contributed by atoms with E-state index in [1.165, 1.54) is 18.2 Å². The van der Waals surface area contributed by atoms with Crippen molar-refractivity contribution in [3.8, 4) is 5.75 Å². The van der Waals surface area contributed by atoms with Gasteiger partial charge < -0.3 is 15.4 Å². The first kappa shape index (κ1) is 12.2. The molecule has 2 rings (SSSR count). The summed E-state index contributed by atoms with van der Waals surface area (Å²) in [5.74, 6) is -2.22. The number of ether oxygens (including phenoxy) is 1. The summed E-state index contributed by atoms with van der Waals surface area (Å²) in [6.45, 7) is -0.219. The third kappa shape index (κ3) is 2.53. The van der Waals surface area contributed by atoms with Crippen molar-refractivity contribution in [2.24, 2.45) is 0 Å². The molecule has 1 aliphatic heterocycles. The van der Waals surface area contributed by atoms with Gasteiger partial charge in [0.2, 0.25) is 0 Å². The van der Waals surface area contributed by atoms with Gasteiger partial charge in [-0.05, 0) is 12.1 Å². The first-order chi connectivity index (χ1) is 8.36. The van der Waals surface area contributed by atoms with Crippen molar-refractivity contribution in [2.45, 2.75) is 6.18 Å². The average molecular weight is 260 g/mol. The summed E-state index contributed by atoms with van der Waals surface area (Å²) in [5, 5.41) is 4.16. The van der Waals surface area contributed by atoms with Crippen LogP contribution in [0.4, 0.5) is 24.5 Å². The molecule has 1 heterocycles. The number of fused-ring (bicyclic) bond motifs is 1. The number of hydrogen-bond donors (Lipinski definition) is 2. The molecule has 0 saturated carbocycles. The standard InChI is InChI=1S/C10H7F3N2O3/c11-10(12,13)9(17)14-5-1-2-6-7(3-5)18-4-8(16)15-6/h1-3H,4H2,(H,14,17)(H,15,16). The van der Waals surface area contributed by atoms with Gasteiger partial charge in [0.15, 0.2) is 6.61 Å². The number of rotatable bonds is 1. The quantitative estimate of drug-likeness (QED) is 0.804. The minimum atomic E-state index is -4.95. The van der Waals surface area contributed by atoms with Gasteiger partial charge in [0, 0.05) is 11.8 Å². The van der Waals surface area contributed by atoms with Crippen LogP contribution in [0.15, 0.2) is 18.2 Å². The van der Waals surface area contributed by atoms with E-state index in [-0.39, 0.29) is 24.0 Å². The molecular formula is C10H7F3N2O3. The van der Waals surface area contributed by atoms with Gasteiger partial charge >= 0.3 is 12.1 Å². The van der Waals surface area contributed by atoms with Crippen LogP contribution in [0.5, 0.6) is 5.75 Å². The molecule has 1 aliphatic rings. The summed E-state index contributed by atoms with van der Waals surface area (Å²) in [6.07, 6.45) is -4.95. The molecule has 1 aromatic rings. The molecule has 0 fully saturated rings. The fourth-order valence-electron chi connectivity index (χ4n) is 1.35. The topological polar surface area (TPSA) is 67.4 Å². The van der Waals surface area contributed by atoms with E-state index >= 15 is 0 Å². The summed E-state index contributed by atoms with van der Waals surface area (Å²) < 4.78 is 41.1. The third-order valence-electron chi connectivity index (χ3n) is 2.13. The van der Waals surface area contributed by atoms with Gasteiger partial charge in [-0.15, -0.1) is 0 Å². The molecule has 0 aliphatic carbocycles. The predicted octanol–water partition coefficient (Wildman–Crippen LogP) is 1.52. The fourth-order valence-corrected chi connectivity index (χ4v) is 1.35. The Bertz CT molecular complexity index is 514. The highest BCUT2D eigenvalue weighted by Crippen LogP contribution is 2.31. The summed E-state index contributed by atoms with van der Waals surface area (Å²) >= 11 is 0. The number of benzene rings is 1. The Morgan fingerprint density at radius 2 is 2.11 bits per heavy atom. The van der Waals surface area contributed by atoms with E-state index in [2.05, 4.69) is 5.32 Å². The SMILES string of the molecule is O=C1COc2cc(NC(=O)C(F)(F)F)ccc2N1. The maximum atomic E-state index is 12.0. The molecule has 2 N–H and O–H groups in total. The van der Waals surface area contributed by atoms with E-state index in [1.807, 2.05) is 0 Å². The van der Waals surface area contributed by atoms with Crippen molar-refractivity contribution < 1.29 is 27.5 Å². The summed E-state index contributed by atoms with van der Waals surface area (Å²) in [7, 11) is 0. The molecule has 0 unspecified atom stereocenters. The largest absolute Gasteiger partial charge is 0.482 e. The monoisotopic (exact) mass is 260 g/mol. The minimum absolute atomic E-state index is 0.0628. The Labute approximate surface area is 98.9 Å². The predicted molar refractivity (Wildman–Crippen MR) is 55.3 cm³/mol. The molecule has 0 spiro atoms. The summed E-state index contributed by atoms with van der Waals surface area (Å²) in [6, 6.07) is 3.79. The second-order valence-electron chi connectivity index (χ2n) is 3.50. The second kappa shape index (κ2) is 4.21. The van der Waals surface area contributed by atoms with Crippen LogP contribution in [-0.4, -0.2) is 24.6 Å². The number of nitrogens with one attached hydrogen (secondary N) is 2. The van der Waals surface area contributed by atoms with Crippen LogP contribution in [0.2, 0.25) is 0 Å². The van der Waals surface area contributed by atoms with Gasteiger partial charge in [-0.3, -0.25) is 9.59 Å². The minimum Gasteiger partial charge on any atom is -0.482 e. The van der Waals surface area contributed by atoms with Crippen molar-refractivity contribution in [1.29, 1.82) is 0 Å². The third-order valence-corrected chi connectivity index (χ3v) is 2.13. The zero-order valence-electron chi connectivity index (χ0n) is 8.80. The van der Waals surface area contributed by atoms with Crippen molar-refractivity contribution in [3.63, 3.8) is 0 Å². The number of halogens is 3. The van der Waals surface area contributed by atoms with Gasteiger partial charge in [0.25, 0.3) is 5.91 Å². The highest BCUT2D eigenvalue weighted by molar-refractivity contribution is 5.98. The van der Waals surface area contributed by atoms with Gasteiger partial charge in [0.05, 0.1) is 5.69 Å². The first-order valence-electron chi connectivity index (χ1n) is 4.81. The first-order valence-corrected chi connectivity index (χ1v) is 4.81. The molecule has 0 bridgehead atoms. The van der Waals surface area contributed by atoms with Crippen LogP contribution in [0, 0.1) is 0 Å². The van der Waals surface area contributed by atoms with Crippen LogP contribution in [0.25, 0.3) is 0 Å². The van der Waals surface area contributed by atoms with E-state index in [0.29, 0.717) is 5.69 Å². The number of alkyl halides is 3. The molecule has 18 heavy (non-hydrogen) atoms. The normalized spacial score (nSPS) is 14.3. The number of hydrogen-bond acceptors (Lipinski definition) is 3. The van der Waals surface area contributed by atoms with Crippen LogP contribution in [-0.2, 0) is 9.59 Å². The lowest BCUT2D eigenvalue weighted by Crippen LogP contribution is -2.30. The molecule has 0 aromatic heterocycles. The zero-order valence-corrected chi connectivity index (χ0v) is 8.80. The van der Waals surface area contributed by atoms with Crippen molar-refractivity contribution in [2.75, 3.05) is 17.2 Å². The van der Waals surface area contributed by atoms with Crippen LogP contribution >= 0.6 is 0 Å². The lowest BCUT2D eigenvalue weighted by atomic mass is 10.2. The maximum Gasteiger partial charge on any atom is 0.471 e. The molecule has 0 saturated heterocycles. The summed E-state index contributed by atoms with van der Waals surface area (Å²) in [5.41, 5.74) is 0.281. The summed E-state index contributed by atoms with van der Waals surface area (Å²) in [4.78, 5) is 21.7. The van der Waals surface area contributed by atoms with E-state index in [0.717, 1.165) is 0 Å². The average Bonchev–Trinajstić information content (AvgIpc) is 2.28. The lowest BCUT2D eigenvalue weighted by molar-refractivity contribution is -0.167. The van der Waals surface area contributed by atoms with Gasteiger partial charge in [-0.2, -0.15) is 13.2 Å². The van der Waals surface area contributed by atoms with Crippen molar-refractivity contribution >= 4 is 23.2 Å². The lowest BCUT2D eigenvalue weighted by Gasteiger charge is -2.18. The maximum absolute atomic E-state index is 12.0. The van der Waals surface area contributed by atoms with Crippen molar-refractivity contribution in [1.82, 2.24) is 0 Å². The van der Waals surface area contributed by atoms with Crippen molar-refractivity contribution in [3.05, 3.63) is 18.2 Å². The van der Waals surface area contributed by atoms with E-state index < -0.39 is 12.1 Å².